The van der Waals surface area contributed by atoms with Crippen molar-refractivity contribution in [3.63, 3.8) is 0 Å². The van der Waals surface area contributed by atoms with Gasteiger partial charge in [0.2, 0.25) is 0 Å². The van der Waals surface area contributed by atoms with Crippen molar-refractivity contribution in [3.8, 4) is 0 Å². The molecule has 0 saturated carbocycles. The molecule has 0 fully saturated rings. The van der Waals surface area contributed by atoms with Gasteiger partial charge in [-0.25, -0.2) is 4.99 Å². The van der Waals surface area contributed by atoms with Gasteiger partial charge >= 0.3 is 0 Å². The van der Waals surface area contributed by atoms with Crippen molar-refractivity contribution in [1.29, 1.82) is 0 Å². The third-order valence-electron chi connectivity index (χ3n) is 3.77. The smallest absolute Gasteiger partial charge is 0.253 e. The summed E-state index contributed by atoms with van der Waals surface area (Å²) >= 11 is 0. The lowest BCUT2D eigenvalue weighted by atomic mass is 10.1. The van der Waals surface area contributed by atoms with E-state index in [2.05, 4.69) is 20.8 Å². The Balaban J connectivity index is 0.00000364. The van der Waals surface area contributed by atoms with Gasteiger partial charge in [0.15, 0.2) is 11.7 Å². The van der Waals surface area contributed by atoms with Crippen molar-refractivity contribution in [2.75, 3.05) is 20.6 Å². The first-order valence-electron chi connectivity index (χ1n) is 8.80. The number of carbonyl (C=O) groups is 1. The summed E-state index contributed by atoms with van der Waals surface area (Å²) in [6.45, 7) is 5.86. The Hall–Kier alpha value is -2.10. The second-order valence-electron chi connectivity index (χ2n) is 6.08. The number of nitrogens with zero attached hydrogens (tertiary/aromatic N) is 3. The van der Waals surface area contributed by atoms with Gasteiger partial charge in [-0.3, -0.25) is 4.79 Å². The Labute approximate surface area is 177 Å². The molecule has 2 rings (SSSR count). The molecule has 1 aromatic heterocycles. The summed E-state index contributed by atoms with van der Waals surface area (Å²) in [7, 11) is 3.49. The van der Waals surface area contributed by atoms with E-state index in [9.17, 15) is 4.79 Å². The number of benzene rings is 1. The van der Waals surface area contributed by atoms with Crippen molar-refractivity contribution in [2.24, 2.45) is 4.99 Å². The Morgan fingerprint density at radius 3 is 2.44 bits per heavy atom. The number of rotatable bonds is 7. The first-order valence-corrected chi connectivity index (χ1v) is 8.80. The number of halogens is 1. The van der Waals surface area contributed by atoms with Crippen molar-refractivity contribution >= 4 is 35.8 Å². The maximum absolute atomic E-state index is 11.9. The van der Waals surface area contributed by atoms with E-state index in [0.717, 1.165) is 30.0 Å². The Kier molecular flexibility index (Phi) is 9.84. The normalized spacial score (nSPS) is 10.9. The molecule has 0 bridgehead atoms. The lowest BCUT2D eigenvalue weighted by Gasteiger charge is -2.11. The van der Waals surface area contributed by atoms with Crippen LogP contribution in [0.5, 0.6) is 0 Å². The molecule has 0 aliphatic heterocycles. The quantitative estimate of drug-likeness (QED) is 0.358. The Bertz CT molecular complexity index is 741. The lowest BCUT2D eigenvalue weighted by Crippen LogP contribution is -2.36. The zero-order valence-corrected chi connectivity index (χ0v) is 18.6. The van der Waals surface area contributed by atoms with E-state index < -0.39 is 0 Å². The van der Waals surface area contributed by atoms with Gasteiger partial charge in [0.05, 0.1) is 18.8 Å². The molecule has 0 saturated heterocycles. The molecule has 1 amide bonds. The van der Waals surface area contributed by atoms with Gasteiger partial charge in [0.25, 0.3) is 5.91 Å². The lowest BCUT2D eigenvalue weighted by molar-refractivity contribution is 0.0827. The van der Waals surface area contributed by atoms with Gasteiger partial charge < -0.3 is 20.1 Å². The molecule has 7 nitrogen and oxygen atoms in total. The van der Waals surface area contributed by atoms with E-state index in [0.29, 0.717) is 24.6 Å². The molecule has 0 spiro atoms. The Morgan fingerprint density at radius 1 is 1.19 bits per heavy atom. The van der Waals surface area contributed by atoms with E-state index in [1.807, 2.05) is 44.2 Å². The molecule has 2 aromatic rings. The summed E-state index contributed by atoms with van der Waals surface area (Å²) in [6, 6.07) is 9.45. The average Bonchev–Trinajstić information content (AvgIpc) is 3.12. The number of nitrogens with one attached hydrogen (secondary N) is 2. The van der Waals surface area contributed by atoms with Gasteiger partial charge in [-0.2, -0.15) is 0 Å². The summed E-state index contributed by atoms with van der Waals surface area (Å²) in [5.74, 6) is 1.47. The second-order valence-corrected chi connectivity index (χ2v) is 6.08. The standard InChI is InChI=1S/C19H27N5O2.HI/c1-5-16-11-17(26-23-16)13-22-19(20-6-2)21-12-14-7-9-15(10-8-14)18(25)24(3)4;/h7-11H,5-6,12-13H2,1-4H3,(H2,20,21,22);1H. The highest BCUT2D eigenvalue weighted by molar-refractivity contribution is 14.0. The summed E-state index contributed by atoms with van der Waals surface area (Å²) in [6.07, 6.45) is 0.851. The van der Waals surface area contributed by atoms with Crippen molar-refractivity contribution in [2.45, 2.75) is 33.4 Å². The molecule has 1 aromatic carbocycles. The molecule has 0 radical (unpaired) electrons. The van der Waals surface area contributed by atoms with Crippen LogP contribution in [0.3, 0.4) is 0 Å². The van der Waals surface area contributed by atoms with Gasteiger partial charge in [-0.05, 0) is 31.0 Å². The number of hydrogen-bond donors (Lipinski definition) is 2. The highest BCUT2D eigenvalue weighted by Crippen LogP contribution is 2.08. The topological polar surface area (TPSA) is 82.8 Å². The van der Waals surface area contributed by atoms with Crippen LogP contribution in [0.1, 0.15) is 41.2 Å². The summed E-state index contributed by atoms with van der Waals surface area (Å²) < 4.78 is 5.27. The zero-order chi connectivity index (χ0) is 18.9. The zero-order valence-electron chi connectivity index (χ0n) is 16.3. The third kappa shape index (κ3) is 7.20. The monoisotopic (exact) mass is 485 g/mol. The largest absolute Gasteiger partial charge is 0.359 e. The number of carbonyl (C=O) groups excluding carboxylic acids is 1. The Morgan fingerprint density at radius 2 is 1.89 bits per heavy atom. The van der Waals surface area contributed by atoms with Gasteiger partial charge in [-0.15, -0.1) is 24.0 Å². The number of hydrogen-bond acceptors (Lipinski definition) is 4. The van der Waals surface area contributed by atoms with Crippen molar-refractivity contribution in [1.82, 2.24) is 20.7 Å². The fourth-order valence-electron chi connectivity index (χ4n) is 2.30. The van der Waals surface area contributed by atoms with Gasteiger partial charge in [0.1, 0.15) is 0 Å². The number of aryl methyl sites for hydroxylation is 1. The van der Waals surface area contributed by atoms with Crippen LogP contribution >= 0.6 is 24.0 Å². The molecule has 8 heteroatoms. The maximum atomic E-state index is 11.9. The summed E-state index contributed by atoms with van der Waals surface area (Å²) in [5.41, 5.74) is 2.64. The first kappa shape index (κ1) is 22.9. The molecule has 27 heavy (non-hydrogen) atoms. The molecule has 0 unspecified atom stereocenters. The maximum Gasteiger partial charge on any atom is 0.253 e. The summed E-state index contributed by atoms with van der Waals surface area (Å²) in [4.78, 5) is 18.1. The number of guanidine groups is 1. The van der Waals surface area contributed by atoms with Crippen LogP contribution in [0, 0.1) is 0 Å². The van der Waals surface area contributed by atoms with Crippen LogP contribution in [0.25, 0.3) is 0 Å². The molecule has 1 heterocycles. The fraction of sp³-hybridized carbons (Fsp3) is 0.421. The van der Waals surface area contributed by atoms with Crippen molar-refractivity contribution < 1.29 is 9.32 Å². The number of aliphatic imine (C=N–C) groups is 1. The number of aromatic nitrogens is 1. The molecular formula is C19H28IN5O2. The molecule has 2 N–H and O–H groups in total. The first-order chi connectivity index (χ1) is 12.5. The van der Waals surface area contributed by atoms with E-state index >= 15 is 0 Å². The minimum atomic E-state index is -0.00596. The second kappa shape index (κ2) is 11.6. The van der Waals surface area contributed by atoms with Crippen LogP contribution in [0.15, 0.2) is 39.8 Å². The van der Waals surface area contributed by atoms with Crippen LogP contribution in [0.4, 0.5) is 0 Å². The fourth-order valence-corrected chi connectivity index (χ4v) is 2.30. The van der Waals surface area contributed by atoms with E-state index in [1.165, 1.54) is 0 Å². The molecule has 0 atom stereocenters. The predicted octanol–water partition coefficient (Wildman–Crippen LogP) is 2.81. The number of amides is 1. The van der Waals surface area contributed by atoms with E-state index in [-0.39, 0.29) is 29.9 Å². The SMILES string of the molecule is CCNC(=NCc1ccc(C(=O)N(C)C)cc1)NCc1cc(CC)no1.I. The third-order valence-corrected chi connectivity index (χ3v) is 3.77. The average molecular weight is 485 g/mol. The van der Waals surface area contributed by atoms with Gasteiger partial charge in [0, 0.05) is 32.3 Å². The highest BCUT2D eigenvalue weighted by Gasteiger charge is 2.07. The van der Waals surface area contributed by atoms with E-state index in [1.54, 1.807) is 19.0 Å². The van der Waals surface area contributed by atoms with Crippen LogP contribution in [-0.2, 0) is 19.5 Å². The van der Waals surface area contributed by atoms with Crippen molar-refractivity contribution in [3.05, 3.63) is 52.9 Å². The van der Waals surface area contributed by atoms with Gasteiger partial charge in [-0.1, -0.05) is 24.2 Å². The molecule has 0 aliphatic carbocycles. The predicted molar refractivity (Wildman–Crippen MR) is 117 cm³/mol. The molecule has 148 valence electrons. The van der Waals surface area contributed by atoms with Crippen LogP contribution < -0.4 is 10.6 Å². The summed E-state index contributed by atoms with van der Waals surface area (Å²) in [5, 5.41) is 10.4. The van der Waals surface area contributed by atoms with E-state index in [4.69, 9.17) is 4.52 Å². The highest BCUT2D eigenvalue weighted by atomic mass is 127. The van der Waals surface area contributed by atoms with Crippen LogP contribution in [0.2, 0.25) is 0 Å². The molecular weight excluding hydrogens is 457 g/mol. The minimum Gasteiger partial charge on any atom is -0.359 e. The van der Waals surface area contributed by atoms with Crippen LogP contribution in [-0.4, -0.2) is 42.6 Å². The minimum absolute atomic E-state index is 0. The molecule has 0 aliphatic rings.